The lowest BCUT2D eigenvalue weighted by atomic mass is 10.2. The first kappa shape index (κ1) is 10.1. The molecule has 0 N–H and O–H groups in total. The highest BCUT2D eigenvalue weighted by molar-refractivity contribution is 6.34. The van der Waals surface area contributed by atoms with Crippen molar-refractivity contribution in [2.24, 2.45) is 0 Å². The molecule has 2 rings (SSSR count). The average molecular weight is 225 g/mol. The predicted molar refractivity (Wildman–Crippen MR) is 54.5 cm³/mol. The van der Waals surface area contributed by atoms with Gasteiger partial charge in [0.25, 0.3) is 5.91 Å². The topological polar surface area (TPSA) is 50.3 Å². The standard InChI is InChI=1S/C10H9ClN2O2/c11-8-3-4-12-6-7(8)10(15)13-5-1-2-9(13)14/h3-4,6H,1-2,5H2. The summed E-state index contributed by atoms with van der Waals surface area (Å²) in [6.07, 6.45) is 4.05. The predicted octanol–water partition coefficient (Wildman–Crippen LogP) is 1.50. The van der Waals surface area contributed by atoms with Gasteiger partial charge in [-0.15, -0.1) is 0 Å². The van der Waals surface area contributed by atoms with E-state index in [0.717, 1.165) is 6.42 Å². The van der Waals surface area contributed by atoms with Gasteiger partial charge >= 0.3 is 0 Å². The molecule has 0 atom stereocenters. The van der Waals surface area contributed by atoms with Gasteiger partial charge in [-0.1, -0.05) is 11.6 Å². The molecule has 15 heavy (non-hydrogen) atoms. The smallest absolute Gasteiger partial charge is 0.263 e. The Hall–Kier alpha value is -1.42. The molecule has 1 aromatic rings. The van der Waals surface area contributed by atoms with Crippen molar-refractivity contribution in [2.75, 3.05) is 6.54 Å². The molecule has 0 aromatic carbocycles. The van der Waals surface area contributed by atoms with E-state index in [1.165, 1.54) is 23.4 Å². The van der Waals surface area contributed by atoms with Crippen LogP contribution in [0.2, 0.25) is 5.02 Å². The van der Waals surface area contributed by atoms with Gasteiger partial charge in [-0.2, -0.15) is 0 Å². The van der Waals surface area contributed by atoms with Crippen LogP contribution in [0.25, 0.3) is 0 Å². The Labute approximate surface area is 91.9 Å². The van der Waals surface area contributed by atoms with Gasteiger partial charge in [0.2, 0.25) is 5.91 Å². The molecule has 1 fully saturated rings. The first-order valence-electron chi connectivity index (χ1n) is 4.64. The Kier molecular flexibility index (Phi) is 2.68. The van der Waals surface area contributed by atoms with E-state index in [4.69, 9.17) is 11.6 Å². The minimum atomic E-state index is -0.351. The lowest BCUT2D eigenvalue weighted by Crippen LogP contribution is -2.32. The molecular formula is C10H9ClN2O2. The number of carbonyl (C=O) groups excluding carboxylic acids is 2. The van der Waals surface area contributed by atoms with Crippen LogP contribution < -0.4 is 0 Å². The van der Waals surface area contributed by atoms with Crippen molar-refractivity contribution in [3.8, 4) is 0 Å². The van der Waals surface area contributed by atoms with Gasteiger partial charge in [0.05, 0.1) is 10.6 Å². The second kappa shape index (κ2) is 3.98. The van der Waals surface area contributed by atoms with Gasteiger partial charge in [0.1, 0.15) is 0 Å². The zero-order chi connectivity index (χ0) is 10.8. The van der Waals surface area contributed by atoms with Crippen LogP contribution in [0.3, 0.4) is 0 Å². The zero-order valence-corrected chi connectivity index (χ0v) is 8.70. The van der Waals surface area contributed by atoms with E-state index >= 15 is 0 Å². The molecule has 2 heterocycles. The summed E-state index contributed by atoms with van der Waals surface area (Å²) >= 11 is 5.85. The molecule has 0 saturated carbocycles. The summed E-state index contributed by atoms with van der Waals surface area (Å²) in [6, 6.07) is 1.54. The number of hydrogen-bond acceptors (Lipinski definition) is 3. The maximum atomic E-state index is 11.9. The van der Waals surface area contributed by atoms with Gasteiger partial charge in [0.15, 0.2) is 0 Å². The summed E-state index contributed by atoms with van der Waals surface area (Å²) in [7, 11) is 0. The number of nitrogens with zero attached hydrogens (tertiary/aromatic N) is 2. The number of likely N-dealkylation sites (tertiary alicyclic amines) is 1. The van der Waals surface area contributed by atoms with E-state index < -0.39 is 0 Å². The molecule has 1 aliphatic heterocycles. The molecule has 4 nitrogen and oxygen atoms in total. The van der Waals surface area contributed by atoms with Crippen LogP contribution in [0, 0.1) is 0 Å². The largest absolute Gasteiger partial charge is 0.278 e. The number of aromatic nitrogens is 1. The highest BCUT2D eigenvalue weighted by Gasteiger charge is 2.28. The molecule has 1 aliphatic rings. The van der Waals surface area contributed by atoms with Crippen LogP contribution in [0.1, 0.15) is 23.2 Å². The fourth-order valence-electron chi connectivity index (χ4n) is 1.54. The van der Waals surface area contributed by atoms with Crippen molar-refractivity contribution in [3.05, 3.63) is 29.0 Å². The Morgan fingerprint density at radius 1 is 1.53 bits per heavy atom. The number of rotatable bonds is 1. The normalized spacial score (nSPS) is 15.8. The van der Waals surface area contributed by atoms with Crippen LogP contribution in [-0.4, -0.2) is 28.2 Å². The van der Waals surface area contributed by atoms with E-state index in [1.807, 2.05) is 0 Å². The molecule has 0 aliphatic carbocycles. The van der Waals surface area contributed by atoms with E-state index in [1.54, 1.807) is 0 Å². The summed E-state index contributed by atoms with van der Waals surface area (Å²) in [5.74, 6) is -0.490. The molecule has 1 saturated heterocycles. The minimum Gasteiger partial charge on any atom is -0.278 e. The molecule has 0 radical (unpaired) electrons. The quantitative estimate of drug-likeness (QED) is 0.680. The monoisotopic (exact) mass is 224 g/mol. The number of amides is 2. The molecule has 0 unspecified atom stereocenters. The number of pyridine rings is 1. The summed E-state index contributed by atoms with van der Waals surface area (Å²) < 4.78 is 0. The lowest BCUT2D eigenvalue weighted by Gasteiger charge is -2.13. The van der Waals surface area contributed by atoms with E-state index in [0.29, 0.717) is 18.0 Å². The van der Waals surface area contributed by atoms with Crippen LogP contribution >= 0.6 is 11.6 Å². The highest BCUT2D eigenvalue weighted by atomic mass is 35.5. The fourth-order valence-corrected chi connectivity index (χ4v) is 1.73. The molecule has 0 bridgehead atoms. The number of carbonyl (C=O) groups is 2. The van der Waals surface area contributed by atoms with Gasteiger partial charge in [0, 0.05) is 25.4 Å². The van der Waals surface area contributed by atoms with Crippen LogP contribution in [0.5, 0.6) is 0 Å². The molecule has 1 aromatic heterocycles. The molecule has 2 amide bonds. The summed E-state index contributed by atoms with van der Waals surface area (Å²) in [5, 5.41) is 0.328. The fraction of sp³-hybridized carbons (Fsp3) is 0.300. The molecular weight excluding hydrogens is 216 g/mol. The third-order valence-corrected chi connectivity index (χ3v) is 2.65. The zero-order valence-electron chi connectivity index (χ0n) is 7.94. The first-order valence-corrected chi connectivity index (χ1v) is 5.02. The van der Waals surface area contributed by atoms with Crippen molar-refractivity contribution in [2.45, 2.75) is 12.8 Å². The Balaban J connectivity index is 2.28. The van der Waals surface area contributed by atoms with Crippen molar-refractivity contribution in [1.82, 2.24) is 9.88 Å². The summed E-state index contributed by atoms with van der Waals surface area (Å²) in [6.45, 7) is 0.475. The maximum absolute atomic E-state index is 11.9. The number of hydrogen-bond donors (Lipinski definition) is 0. The lowest BCUT2D eigenvalue weighted by molar-refractivity contribution is -0.125. The van der Waals surface area contributed by atoms with Crippen molar-refractivity contribution >= 4 is 23.4 Å². The number of halogens is 1. The molecule has 78 valence electrons. The Morgan fingerprint density at radius 3 is 2.93 bits per heavy atom. The van der Waals surface area contributed by atoms with Crippen LogP contribution in [-0.2, 0) is 4.79 Å². The van der Waals surface area contributed by atoms with Gasteiger partial charge < -0.3 is 0 Å². The van der Waals surface area contributed by atoms with Crippen molar-refractivity contribution in [1.29, 1.82) is 0 Å². The highest BCUT2D eigenvalue weighted by Crippen LogP contribution is 2.19. The Morgan fingerprint density at radius 2 is 2.33 bits per heavy atom. The summed E-state index contributed by atoms with van der Waals surface area (Å²) in [5.41, 5.74) is 0.286. The van der Waals surface area contributed by atoms with Gasteiger partial charge in [-0.25, -0.2) is 0 Å². The van der Waals surface area contributed by atoms with Crippen LogP contribution in [0.4, 0.5) is 0 Å². The van der Waals surface area contributed by atoms with Crippen molar-refractivity contribution in [3.63, 3.8) is 0 Å². The third-order valence-electron chi connectivity index (χ3n) is 2.32. The summed E-state index contributed by atoms with van der Waals surface area (Å²) in [4.78, 5) is 28.2. The van der Waals surface area contributed by atoms with E-state index in [9.17, 15) is 9.59 Å². The molecule has 0 spiro atoms. The maximum Gasteiger partial charge on any atom is 0.263 e. The van der Waals surface area contributed by atoms with Crippen molar-refractivity contribution < 1.29 is 9.59 Å². The number of imide groups is 1. The van der Waals surface area contributed by atoms with E-state index in [2.05, 4.69) is 4.98 Å². The minimum absolute atomic E-state index is 0.139. The van der Waals surface area contributed by atoms with E-state index in [-0.39, 0.29) is 17.4 Å². The average Bonchev–Trinajstić information content (AvgIpc) is 2.64. The van der Waals surface area contributed by atoms with Gasteiger partial charge in [-0.3, -0.25) is 19.5 Å². The second-order valence-electron chi connectivity index (χ2n) is 3.31. The third kappa shape index (κ3) is 1.85. The molecule has 5 heteroatoms. The van der Waals surface area contributed by atoms with Crippen LogP contribution in [0.15, 0.2) is 18.5 Å². The SMILES string of the molecule is O=C1CCCN1C(=O)c1cnccc1Cl. The Bertz CT molecular complexity index is 420. The first-order chi connectivity index (χ1) is 7.20. The van der Waals surface area contributed by atoms with Gasteiger partial charge in [-0.05, 0) is 12.5 Å². The second-order valence-corrected chi connectivity index (χ2v) is 3.72.